The molecule has 1 heterocycles. The van der Waals surface area contributed by atoms with E-state index in [9.17, 15) is 0 Å². The molecule has 0 atom stereocenters. The van der Waals surface area contributed by atoms with Crippen LogP contribution >= 0.6 is 0 Å². The molecule has 0 amide bonds. The molecule has 1 saturated carbocycles. The average molecular weight is 247 g/mol. The fourth-order valence-corrected chi connectivity index (χ4v) is 2.55. The van der Waals surface area contributed by atoms with Crippen LogP contribution in [-0.2, 0) is 7.05 Å². The minimum absolute atomic E-state index is 0.222. The number of rotatable bonds is 2. The Morgan fingerprint density at radius 3 is 2.56 bits per heavy atom. The number of hydrogen-bond acceptors (Lipinski definition) is 3. The summed E-state index contributed by atoms with van der Waals surface area (Å²) in [6.07, 6.45) is 4.69. The van der Waals surface area contributed by atoms with Gasteiger partial charge in [0.15, 0.2) is 0 Å². The smallest absolute Gasteiger partial charge is 0.230 e. The Kier molecular flexibility index (Phi) is 3.34. The first-order chi connectivity index (χ1) is 8.43. The van der Waals surface area contributed by atoms with Crippen molar-refractivity contribution in [1.82, 2.24) is 9.78 Å². The molecule has 0 N–H and O–H groups in total. The highest BCUT2D eigenvalue weighted by Crippen LogP contribution is 2.37. The minimum Gasteiger partial charge on any atom is -0.474 e. The molecule has 98 valence electrons. The van der Waals surface area contributed by atoms with Crippen LogP contribution in [0.1, 0.15) is 50.8 Å². The predicted molar refractivity (Wildman–Crippen MR) is 69.3 cm³/mol. The molecule has 1 aromatic heterocycles. The van der Waals surface area contributed by atoms with Crippen LogP contribution in [0.25, 0.3) is 0 Å². The average Bonchev–Trinajstić information content (AvgIpc) is 2.56. The van der Waals surface area contributed by atoms with Gasteiger partial charge in [-0.2, -0.15) is 10.4 Å². The van der Waals surface area contributed by atoms with Crippen LogP contribution in [0, 0.1) is 23.7 Å². The summed E-state index contributed by atoms with van der Waals surface area (Å²) in [4.78, 5) is 0. The van der Waals surface area contributed by atoms with Crippen molar-refractivity contribution in [2.24, 2.45) is 12.5 Å². The van der Waals surface area contributed by atoms with Crippen LogP contribution in [0.3, 0.4) is 0 Å². The zero-order chi connectivity index (χ0) is 13.3. The van der Waals surface area contributed by atoms with Crippen molar-refractivity contribution in [3.63, 3.8) is 0 Å². The molecule has 1 aliphatic carbocycles. The maximum Gasteiger partial charge on any atom is 0.230 e. The summed E-state index contributed by atoms with van der Waals surface area (Å²) < 4.78 is 7.67. The third-order valence-electron chi connectivity index (χ3n) is 3.85. The van der Waals surface area contributed by atoms with Gasteiger partial charge < -0.3 is 4.74 Å². The maximum absolute atomic E-state index is 9.14. The van der Waals surface area contributed by atoms with E-state index in [4.69, 9.17) is 10.00 Å². The number of ether oxygens (including phenoxy) is 1. The maximum atomic E-state index is 9.14. The molecule has 0 radical (unpaired) electrons. The van der Waals surface area contributed by atoms with Crippen LogP contribution in [-0.4, -0.2) is 15.9 Å². The Bertz CT molecular complexity index is 472. The van der Waals surface area contributed by atoms with E-state index in [0.29, 0.717) is 16.9 Å². The standard InChI is InChI=1S/C14H21N3O/c1-10-12(9-15)13(17(4)16-10)18-11-5-7-14(2,3)8-6-11/h11H,5-8H2,1-4H3. The van der Waals surface area contributed by atoms with Crippen LogP contribution in [0.5, 0.6) is 5.88 Å². The summed E-state index contributed by atoms with van der Waals surface area (Å²) in [7, 11) is 1.83. The van der Waals surface area contributed by atoms with Crippen molar-refractivity contribution in [2.75, 3.05) is 0 Å². The first kappa shape index (κ1) is 12.9. The van der Waals surface area contributed by atoms with Crippen molar-refractivity contribution >= 4 is 0 Å². The first-order valence-corrected chi connectivity index (χ1v) is 6.53. The lowest BCUT2D eigenvalue weighted by Gasteiger charge is -2.34. The van der Waals surface area contributed by atoms with E-state index >= 15 is 0 Å². The molecule has 4 nitrogen and oxygen atoms in total. The van der Waals surface area contributed by atoms with E-state index in [1.165, 1.54) is 12.8 Å². The third kappa shape index (κ3) is 2.50. The monoisotopic (exact) mass is 247 g/mol. The van der Waals surface area contributed by atoms with Crippen LogP contribution in [0.2, 0.25) is 0 Å². The van der Waals surface area contributed by atoms with Gasteiger partial charge in [-0.15, -0.1) is 0 Å². The topological polar surface area (TPSA) is 50.8 Å². The molecule has 1 aromatic rings. The van der Waals surface area contributed by atoms with E-state index < -0.39 is 0 Å². The van der Waals surface area contributed by atoms with Crippen molar-refractivity contribution in [3.8, 4) is 11.9 Å². The van der Waals surface area contributed by atoms with Crippen molar-refractivity contribution in [3.05, 3.63) is 11.3 Å². The zero-order valence-electron chi connectivity index (χ0n) is 11.7. The van der Waals surface area contributed by atoms with Crippen LogP contribution < -0.4 is 4.74 Å². The van der Waals surface area contributed by atoms with Gasteiger partial charge in [-0.3, -0.25) is 0 Å². The highest BCUT2D eigenvalue weighted by molar-refractivity contribution is 5.42. The fraction of sp³-hybridized carbons (Fsp3) is 0.714. The van der Waals surface area contributed by atoms with Gasteiger partial charge in [-0.25, -0.2) is 4.68 Å². The molecule has 0 bridgehead atoms. The molecule has 0 aliphatic heterocycles. The summed E-state index contributed by atoms with van der Waals surface area (Å²) in [5.74, 6) is 0.625. The van der Waals surface area contributed by atoms with Crippen LogP contribution in [0.4, 0.5) is 0 Å². The Hall–Kier alpha value is -1.50. The Balaban J connectivity index is 2.09. The highest BCUT2D eigenvalue weighted by Gasteiger charge is 2.29. The zero-order valence-corrected chi connectivity index (χ0v) is 11.7. The van der Waals surface area contributed by atoms with Gasteiger partial charge in [0.2, 0.25) is 5.88 Å². The molecule has 18 heavy (non-hydrogen) atoms. The molecule has 0 unspecified atom stereocenters. The molecule has 2 rings (SSSR count). The number of nitrogens with zero attached hydrogens (tertiary/aromatic N) is 3. The lowest BCUT2D eigenvalue weighted by molar-refractivity contribution is 0.0909. The van der Waals surface area contributed by atoms with Gasteiger partial charge >= 0.3 is 0 Å². The van der Waals surface area contributed by atoms with E-state index in [2.05, 4.69) is 25.0 Å². The van der Waals surface area contributed by atoms with Crippen molar-refractivity contribution in [1.29, 1.82) is 5.26 Å². The van der Waals surface area contributed by atoms with Gasteiger partial charge in [0.05, 0.1) is 5.69 Å². The largest absolute Gasteiger partial charge is 0.474 e. The molecule has 4 heteroatoms. The summed E-state index contributed by atoms with van der Waals surface area (Å²) in [6.45, 7) is 6.45. The lowest BCUT2D eigenvalue weighted by atomic mass is 9.76. The van der Waals surface area contributed by atoms with E-state index in [1.54, 1.807) is 4.68 Å². The number of hydrogen-bond donors (Lipinski definition) is 0. The SMILES string of the molecule is Cc1nn(C)c(OC2CCC(C)(C)CC2)c1C#N. The number of aromatic nitrogens is 2. The van der Waals surface area contributed by atoms with E-state index in [-0.39, 0.29) is 6.10 Å². The number of aryl methyl sites for hydroxylation is 2. The first-order valence-electron chi connectivity index (χ1n) is 6.53. The van der Waals surface area contributed by atoms with Gasteiger partial charge in [-0.1, -0.05) is 13.8 Å². The Morgan fingerprint density at radius 2 is 2.00 bits per heavy atom. The molecule has 0 spiro atoms. The Labute approximate surface area is 109 Å². The summed E-state index contributed by atoms with van der Waals surface area (Å²) in [5.41, 5.74) is 1.74. The van der Waals surface area contributed by atoms with Crippen LogP contribution in [0.15, 0.2) is 0 Å². The van der Waals surface area contributed by atoms with Crippen molar-refractivity contribution in [2.45, 2.75) is 52.6 Å². The van der Waals surface area contributed by atoms with Gasteiger partial charge in [-0.05, 0) is 38.0 Å². The summed E-state index contributed by atoms with van der Waals surface area (Å²) >= 11 is 0. The molecular formula is C14H21N3O. The predicted octanol–water partition coefficient (Wildman–Crippen LogP) is 2.95. The molecule has 0 saturated heterocycles. The van der Waals surface area contributed by atoms with Gasteiger partial charge in [0.25, 0.3) is 0 Å². The Morgan fingerprint density at radius 1 is 1.39 bits per heavy atom. The quantitative estimate of drug-likeness (QED) is 0.807. The fourth-order valence-electron chi connectivity index (χ4n) is 2.55. The molecule has 1 fully saturated rings. The molecule has 1 aliphatic rings. The molecule has 0 aromatic carbocycles. The lowest BCUT2D eigenvalue weighted by Crippen LogP contribution is -2.29. The second kappa shape index (κ2) is 4.64. The molecular weight excluding hydrogens is 226 g/mol. The van der Waals surface area contributed by atoms with Gasteiger partial charge in [0, 0.05) is 7.05 Å². The normalized spacial score (nSPS) is 19.5. The summed E-state index contributed by atoms with van der Waals surface area (Å²) in [5, 5.41) is 13.4. The number of nitriles is 1. The van der Waals surface area contributed by atoms with E-state index in [1.807, 2.05) is 14.0 Å². The highest BCUT2D eigenvalue weighted by atomic mass is 16.5. The third-order valence-corrected chi connectivity index (χ3v) is 3.85. The second-order valence-electron chi connectivity index (χ2n) is 5.98. The second-order valence-corrected chi connectivity index (χ2v) is 5.98. The van der Waals surface area contributed by atoms with Gasteiger partial charge in [0.1, 0.15) is 17.7 Å². The van der Waals surface area contributed by atoms with Crippen molar-refractivity contribution < 1.29 is 4.74 Å². The van der Waals surface area contributed by atoms with E-state index in [0.717, 1.165) is 18.5 Å². The minimum atomic E-state index is 0.222. The summed E-state index contributed by atoms with van der Waals surface area (Å²) in [6, 6.07) is 2.18.